The average molecular weight is 232 g/mol. The largest absolute Gasteiger partial charge is 1.00 e. The van der Waals surface area contributed by atoms with E-state index in [2.05, 4.69) is 23.0 Å². The van der Waals surface area contributed by atoms with Gasteiger partial charge in [-0.25, -0.2) is 4.98 Å². The van der Waals surface area contributed by atoms with Crippen LogP contribution in [0.3, 0.4) is 0 Å². The van der Waals surface area contributed by atoms with Crippen molar-refractivity contribution in [2.75, 3.05) is 0 Å². The molecular formula is C9H11Cl2N3-2. The highest BCUT2D eigenvalue weighted by atomic mass is 35.5. The van der Waals surface area contributed by atoms with E-state index < -0.39 is 0 Å². The normalized spacial score (nSPS) is 9.29. The molecule has 0 amide bonds. The Bertz CT molecular complexity index is 411. The number of rotatable bonds is 1. The Morgan fingerprint density at radius 3 is 2.71 bits per heavy atom. The van der Waals surface area contributed by atoms with Crippen molar-refractivity contribution in [3.05, 3.63) is 29.6 Å². The Morgan fingerprint density at radius 1 is 1.36 bits per heavy atom. The van der Waals surface area contributed by atoms with Gasteiger partial charge in [-0.05, 0) is 24.6 Å². The molecule has 0 radical (unpaired) electrons. The van der Waals surface area contributed by atoms with Crippen LogP contribution in [0.25, 0.3) is 11.0 Å². The summed E-state index contributed by atoms with van der Waals surface area (Å²) < 4.78 is 0. The van der Waals surface area contributed by atoms with Crippen LogP contribution in [0.5, 0.6) is 0 Å². The van der Waals surface area contributed by atoms with E-state index in [4.69, 9.17) is 5.73 Å². The molecule has 0 aliphatic rings. The second kappa shape index (κ2) is 5.20. The van der Waals surface area contributed by atoms with Crippen LogP contribution in [0.4, 0.5) is 0 Å². The zero-order chi connectivity index (χ0) is 8.55. The predicted molar refractivity (Wildman–Crippen MR) is 48.7 cm³/mol. The fraction of sp³-hybridized carbons (Fsp3) is 0.222. The number of nitrogens with two attached hydrogens (primary N) is 1. The molecule has 1 aromatic heterocycles. The minimum absolute atomic E-state index is 0. The molecule has 0 atom stereocenters. The topological polar surface area (TPSA) is 54.7 Å². The van der Waals surface area contributed by atoms with Gasteiger partial charge in [0.25, 0.3) is 0 Å². The summed E-state index contributed by atoms with van der Waals surface area (Å²) in [5.41, 5.74) is 8.74. The van der Waals surface area contributed by atoms with Gasteiger partial charge < -0.3 is 35.5 Å². The minimum Gasteiger partial charge on any atom is -1.00 e. The number of nitrogens with one attached hydrogen (secondary N) is 1. The van der Waals surface area contributed by atoms with Crippen LogP contribution in [0.1, 0.15) is 11.4 Å². The summed E-state index contributed by atoms with van der Waals surface area (Å²) in [4.78, 5) is 7.44. The standard InChI is InChI=1S/C9H11N3.2ClH/c1-6-2-3-7-8(4-6)12-9(5-10)11-7;;/h2-4H,5,10H2,1H3,(H,11,12);2*1H/p-2. The molecule has 14 heavy (non-hydrogen) atoms. The summed E-state index contributed by atoms with van der Waals surface area (Å²) in [5.74, 6) is 0.843. The molecule has 3 N–H and O–H groups in total. The maximum absolute atomic E-state index is 5.46. The van der Waals surface area contributed by atoms with Crippen molar-refractivity contribution in [1.29, 1.82) is 0 Å². The lowest BCUT2D eigenvalue weighted by molar-refractivity contribution is -0.001000. The van der Waals surface area contributed by atoms with Gasteiger partial charge in [-0.2, -0.15) is 0 Å². The van der Waals surface area contributed by atoms with E-state index in [-0.39, 0.29) is 24.8 Å². The maximum Gasteiger partial charge on any atom is 0.121 e. The summed E-state index contributed by atoms with van der Waals surface area (Å²) in [6.07, 6.45) is 0. The van der Waals surface area contributed by atoms with E-state index in [1.165, 1.54) is 5.56 Å². The van der Waals surface area contributed by atoms with Crippen molar-refractivity contribution >= 4 is 11.0 Å². The lowest BCUT2D eigenvalue weighted by Gasteiger charge is -1.89. The Labute approximate surface area is 94.9 Å². The Balaban J connectivity index is 0.000000845. The van der Waals surface area contributed by atoms with Gasteiger partial charge in [0.15, 0.2) is 0 Å². The molecule has 78 valence electrons. The average Bonchev–Trinajstić information content (AvgIpc) is 2.46. The van der Waals surface area contributed by atoms with Crippen LogP contribution in [0.15, 0.2) is 18.2 Å². The molecule has 1 aromatic carbocycles. The van der Waals surface area contributed by atoms with E-state index in [1.807, 2.05) is 12.1 Å². The SMILES string of the molecule is Cc1ccc2nc(CN)[nH]c2c1.[Cl-].[Cl-]. The summed E-state index contributed by atoms with van der Waals surface area (Å²) in [7, 11) is 0. The van der Waals surface area contributed by atoms with Crippen molar-refractivity contribution < 1.29 is 24.8 Å². The molecule has 1 heterocycles. The molecule has 0 saturated carbocycles. The number of H-pyrrole nitrogens is 1. The monoisotopic (exact) mass is 231 g/mol. The van der Waals surface area contributed by atoms with Gasteiger partial charge >= 0.3 is 0 Å². The number of fused-ring (bicyclic) bond motifs is 1. The first-order valence-corrected chi connectivity index (χ1v) is 3.95. The van der Waals surface area contributed by atoms with Crippen LogP contribution in [0.2, 0.25) is 0 Å². The lowest BCUT2D eigenvalue weighted by Crippen LogP contribution is -3.00. The van der Waals surface area contributed by atoms with E-state index in [1.54, 1.807) is 0 Å². The molecule has 0 fully saturated rings. The Morgan fingerprint density at radius 2 is 2.07 bits per heavy atom. The molecule has 0 spiro atoms. The van der Waals surface area contributed by atoms with Crippen LogP contribution in [-0.4, -0.2) is 9.97 Å². The Hall–Kier alpha value is -0.770. The number of imidazole rings is 1. The highest BCUT2D eigenvalue weighted by Gasteiger charge is 1.99. The molecule has 0 bridgehead atoms. The third kappa shape index (κ3) is 2.38. The van der Waals surface area contributed by atoms with Gasteiger partial charge in [0.1, 0.15) is 5.82 Å². The number of halogens is 2. The highest BCUT2D eigenvalue weighted by molar-refractivity contribution is 5.75. The van der Waals surface area contributed by atoms with Crippen molar-refractivity contribution in [1.82, 2.24) is 9.97 Å². The molecule has 0 aliphatic heterocycles. The molecule has 2 aromatic rings. The summed E-state index contributed by atoms with van der Waals surface area (Å²) in [5, 5.41) is 0. The van der Waals surface area contributed by atoms with Crippen molar-refractivity contribution in [3.8, 4) is 0 Å². The van der Waals surface area contributed by atoms with Crippen molar-refractivity contribution in [2.45, 2.75) is 13.5 Å². The third-order valence-electron chi connectivity index (χ3n) is 1.88. The zero-order valence-electron chi connectivity index (χ0n) is 7.72. The fourth-order valence-electron chi connectivity index (χ4n) is 1.27. The molecular weight excluding hydrogens is 221 g/mol. The van der Waals surface area contributed by atoms with E-state index in [9.17, 15) is 0 Å². The summed E-state index contributed by atoms with van der Waals surface area (Å²) in [6.45, 7) is 2.52. The van der Waals surface area contributed by atoms with Gasteiger partial charge in [0.2, 0.25) is 0 Å². The number of aromatic amines is 1. The van der Waals surface area contributed by atoms with Gasteiger partial charge in [-0.3, -0.25) is 0 Å². The molecule has 5 heteroatoms. The molecule has 2 rings (SSSR count). The first kappa shape index (κ1) is 13.2. The molecule has 3 nitrogen and oxygen atoms in total. The zero-order valence-corrected chi connectivity index (χ0v) is 9.23. The van der Waals surface area contributed by atoms with Gasteiger partial charge in [-0.15, -0.1) is 0 Å². The van der Waals surface area contributed by atoms with Crippen molar-refractivity contribution in [2.24, 2.45) is 5.73 Å². The summed E-state index contributed by atoms with van der Waals surface area (Å²) in [6, 6.07) is 6.12. The third-order valence-corrected chi connectivity index (χ3v) is 1.88. The van der Waals surface area contributed by atoms with Crippen LogP contribution in [-0.2, 0) is 6.54 Å². The predicted octanol–water partition coefficient (Wildman–Crippen LogP) is -4.66. The minimum atomic E-state index is 0. The van der Waals surface area contributed by atoms with Gasteiger partial charge in [-0.1, -0.05) is 6.07 Å². The summed E-state index contributed by atoms with van der Waals surface area (Å²) >= 11 is 0. The number of benzene rings is 1. The lowest BCUT2D eigenvalue weighted by atomic mass is 10.2. The first-order valence-electron chi connectivity index (χ1n) is 3.95. The van der Waals surface area contributed by atoms with E-state index >= 15 is 0 Å². The van der Waals surface area contributed by atoms with Crippen molar-refractivity contribution in [3.63, 3.8) is 0 Å². The maximum atomic E-state index is 5.46. The number of hydrogen-bond donors (Lipinski definition) is 2. The molecule has 0 unspecified atom stereocenters. The van der Waals surface area contributed by atoms with Crippen LogP contribution in [0, 0.1) is 6.92 Å². The second-order valence-electron chi connectivity index (χ2n) is 2.91. The Kier molecular flexibility index (Phi) is 4.91. The first-order chi connectivity index (χ1) is 5.79. The van der Waals surface area contributed by atoms with Crippen LogP contribution < -0.4 is 30.5 Å². The smallest absolute Gasteiger partial charge is 0.121 e. The number of aryl methyl sites for hydroxylation is 1. The van der Waals surface area contributed by atoms with Crippen LogP contribution >= 0.6 is 0 Å². The number of nitrogens with zero attached hydrogens (tertiary/aromatic N) is 1. The molecule has 0 aliphatic carbocycles. The number of hydrogen-bond acceptors (Lipinski definition) is 2. The van der Waals surface area contributed by atoms with Gasteiger partial charge in [0.05, 0.1) is 17.6 Å². The highest BCUT2D eigenvalue weighted by Crippen LogP contribution is 2.12. The fourth-order valence-corrected chi connectivity index (χ4v) is 1.27. The molecule has 0 saturated heterocycles. The van der Waals surface area contributed by atoms with Gasteiger partial charge in [0, 0.05) is 0 Å². The second-order valence-corrected chi connectivity index (χ2v) is 2.91. The van der Waals surface area contributed by atoms with E-state index in [0.717, 1.165) is 16.9 Å². The van der Waals surface area contributed by atoms with E-state index in [0.29, 0.717) is 6.54 Å². The quantitative estimate of drug-likeness (QED) is 0.519. The number of aromatic nitrogens is 2.